The minimum Gasteiger partial charge on any atom is -0.490 e. The van der Waals surface area contributed by atoms with E-state index < -0.39 is 17.8 Å². The number of benzene rings is 1. The fraction of sp³-hybridized carbons (Fsp3) is 0.333. The van der Waals surface area contributed by atoms with E-state index >= 15 is 0 Å². The normalized spacial score (nSPS) is 11.5. The summed E-state index contributed by atoms with van der Waals surface area (Å²) in [5.41, 5.74) is 0.907. The van der Waals surface area contributed by atoms with Crippen LogP contribution in [-0.4, -0.2) is 35.5 Å². The highest BCUT2D eigenvalue weighted by atomic mass is 16.5. The van der Waals surface area contributed by atoms with Gasteiger partial charge in [-0.25, -0.2) is 0 Å². The molecule has 1 unspecified atom stereocenters. The van der Waals surface area contributed by atoms with Gasteiger partial charge in [0.15, 0.2) is 0 Å². The molecule has 0 aliphatic carbocycles. The van der Waals surface area contributed by atoms with Crippen LogP contribution in [0.15, 0.2) is 36.9 Å². The average molecular weight is 277 g/mol. The number of amides is 1. The summed E-state index contributed by atoms with van der Waals surface area (Å²) in [6.07, 6.45) is 1.66. The van der Waals surface area contributed by atoms with Gasteiger partial charge < -0.3 is 14.7 Å². The number of carboxylic acid groups (broad SMARTS) is 1. The molecule has 0 saturated heterocycles. The van der Waals surface area contributed by atoms with E-state index in [1.165, 1.54) is 11.8 Å². The van der Waals surface area contributed by atoms with Gasteiger partial charge in [-0.1, -0.05) is 24.8 Å². The molecule has 0 aromatic heterocycles. The van der Waals surface area contributed by atoms with Crippen LogP contribution in [0, 0.1) is 5.92 Å². The minimum absolute atomic E-state index is 0.359. The number of hydrogen-bond acceptors (Lipinski definition) is 3. The Morgan fingerprint density at radius 2 is 2.00 bits per heavy atom. The number of nitrogens with zero attached hydrogens (tertiary/aromatic N) is 1. The molecule has 0 radical (unpaired) electrons. The second-order valence-electron chi connectivity index (χ2n) is 4.50. The number of carbonyl (C=O) groups is 2. The van der Waals surface area contributed by atoms with E-state index in [9.17, 15) is 9.59 Å². The highest BCUT2D eigenvalue weighted by Gasteiger charge is 2.23. The summed E-state index contributed by atoms with van der Waals surface area (Å²) in [4.78, 5) is 24.0. The van der Waals surface area contributed by atoms with E-state index in [0.717, 1.165) is 11.3 Å². The zero-order valence-corrected chi connectivity index (χ0v) is 11.7. The topological polar surface area (TPSA) is 66.8 Å². The quantitative estimate of drug-likeness (QED) is 0.611. The average Bonchev–Trinajstić information content (AvgIpc) is 2.44. The number of rotatable bonds is 7. The number of hydrogen-bond donors (Lipinski definition) is 1. The molecule has 0 aliphatic heterocycles. The third-order valence-corrected chi connectivity index (χ3v) is 2.83. The maximum atomic E-state index is 11.8. The van der Waals surface area contributed by atoms with Gasteiger partial charge in [0.05, 0.1) is 0 Å². The highest BCUT2D eigenvalue weighted by molar-refractivity contribution is 5.96. The fourth-order valence-corrected chi connectivity index (χ4v) is 1.63. The van der Waals surface area contributed by atoms with Gasteiger partial charge in [0.2, 0.25) is 5.91 Å². The molecule has 0 heterocycles. The molecule has 0 bridgehead atoms. The Bertz CT molecular complexity index is 481. The molecular weight excluding hydrogens is 258 g/mol. The Morgan fingerprint density at radius 3 is 2.50 bits per heavy atom. The summed E-state index contributed by atoms with van der Waals surface area (Å²) in [7, 11) is 1.59. The summed E-state index contributed by atoms with van der Waals surface area (Å²) < 4.78 is 5.36. The maximum absolute atomic E-state index is 11.8. The van der Waals surface area contributed by atoms with Crippen LogP contribution in [0.5, 0.6) is 5.75 Å². The van der Waals surface area contributed by atoms with Crippen molar-refractivity contribution in [3.63, 3.8) is 0 Å². The molecule has 5 nitrogen and oxygen atoms in total. The van der Waals surface area contributed by atoms with E-state index in [1.54, 1.807) is 25.3 Å². The lowest BCUT2D eigenvalue weighted by molar-refractivity contribution is -0.149. The lowest BCUT2D eigenvalue weighted by Crippen LogP contribution is -2.34. The molecule has 0 aliphatic rings. The smallest absolute Gasteiger partial charge is 0.315 e. The predicted molar refractivity (Wildman–Crippen MR) is 75.4 cm³/mol. The highest BCUT2D eigenvalue weighted by Crippen LogP contribution is 2.14. The molecule has 1 aromatic rings. The third kappa shape index (κ3) is 4.42. The van der Waals surface area contributed by atoms with Gasteiger partial charge in [-0.2, -0.15) is 0 Å². The molecular formula is C15H19NO4. The van der Waals surface area contributed by atoms with Crippen LogP contribution in [0.4, 0.5) is 0 Å². The van der Waals surface area contributed by atoms with Gasteiger partial charge in [-0.05, 0) is 24.6 Å². The third-order valence-electron chi connectivity index (χ3n) is 2.83. The summed E-state index contributed by atoms with van der Waals surface area (Å²) in [6.45, 7) is 5.75. The van der Waals surface area contributed by atoms with Crippen molar-refractivity contribution in [3.05, 3.63) is 42.5 Å². The van der Waals surface area contributed by atoms with E-state index in [0.29, 0.717) is 13.2 Å². The van der Waals surface area contributed by atoms with Crippen molar-refractivity contribution in [3.8, 4) is 5.75 Å². The Hall–Kier alpha value is -2.30. The van der Waals surface area contributed by atoms with Crippen LogP contribution >= 0.6 is 0 Å². The van der Waals surface area contributed by atoms with E-state index in [1.807, 2.05) is 12.1 Å². The second kappa shape index (κ2) is 7.33. The molecule has 0 saturated carbocycles. The fourth-order valence-electron chi connectivity index (χ4n) is 1.63. The molecule has 5 heteroatoms. The molecule has 1 amide bonds. The molecule has 1 aromatic carbocycles. The SMILES string of the molecule is C=CCOc1ccc(CN(C)C(=O)C(C)C(=O)O)cc1. The standard InChI is InChI=1S/C15H19NO4/c1-4-9-20-13-7-5-12(6-8-13)10-16(3)14(17)11(2)15(18)19/h4-8,11H,1,9-10H2,2-3H3,(H,18,19). The van der Waals surface area contributed by atoms with Crippen LogP contribution in [-0.2, 0) is 16.1 Å². The van der Waals surface area contributed by atoms with Crippen molar-refractivity contribution in [2.45, 2.75) is 13.5 Å². The van der Waals surface area contributed by atoms with Crippen molar-refractivity contribution >= 4 is 11.9 Å². The first-order valence-corrected chi connectivity index (χ1v) is 6.26. The van der Waals surface area contributed by atoms with Gasteiger partial charge in [0, 0.05) is 13.6 Å². The summed E-state index contributed by atoms with van der Waals surface area (Å²) in [5, 5.41) is 8.81. The molecule has 0 fully saturated rings. The van der Waals surface area contributed by atoms with Crippen LogP contribution in [0.3, 0.4) is 0 Å². The van der Waals surface area contributed by atoms with Crippen LogP contribution in [0.25, 0.3) is 0 Å². The molecule has 1 rings (SSSR count). The Balaban J connectivity index is 2.61. The van der Waals surface area contributed by atoms with Gasteiger partial charge >= 0.3 is 5.97 Å². The summed E-state index contributed by atoms with van der Waals surface area (Å²) >= 11 is 0. The van der Waals surface area contributed by atoms with E-state index in [2.05, 4.69) is 6.58 Å². The van der Waals surface area contributed by atoms with Gasteiger partial charge in [-0.15, -0.1) is 0 Å². The molecule has 108 valence electrons. The van der Waals surface area contributed by atoms with E-state index in [4.69, 9.17) is 9.84 Å². The Kier molecular flexibility index (Phi) is 5.77. The van der Waals surface area contributed by atoms with Crippen LogP contribution in [0.2, 0.25) is 0 Å². The zero-order valence-electron chi connectivity index (χ0n) is 11.7. The number of carbonyl (C=O) groups excluding carboxylic acids is 1. The van der Waals surface area contributed by atoms with Crippen molar-refractivity contribution in [1.82, 2.24) is 4.90 Å². The first-order valence-electron chi connectivity index (χ1n) is 6.26. The van der Waals surface area contributed by atoms with Crippen molar-refractivity contribution in [1.29, 1.82) is 0 Å². The predicted octanol–water partition coefficient (Wildman–Crippen LogP) is 1.93. The number of aliphatic carboxylic acids is 1. The maximum Gasteiger partial charge on any atom is 0.315 e. The zero-order chi connectivity index (χ0) is 15.1. The van der Waals surface area contributed by atoms with Crippen molar-refractivity contribution in [2.24, 2.45) is 5.92 Å². The van der Waals surface area contributed by atoms with Crippen molar-refractivity contribution in [2.75, 3.05) is 13.7 Å². The van der Waals surface area contributed by atoms with Gasteiger partial charge in [0.25, 0.3) is 0 Å². The lowest BCUT2D eigenvalue weighted by Gasteiger charge is -2.19. The molecule has 1 N–H and O–H groups in total. The van der Waals surface area contributed by atoms with Crippen LogP contribution in [0.1, 0.15) is 12.5 Å². The Morgan fingerprint density at radius 1 is 1.40 bits per heavy atom. The summed E-state index contributed by atoms with van der Waals surface area (Å²) in [6, 6.07) is 7.29. The minimum atomic E-state index is -1.12. The van der Waals surface area contributed by atoms with Gasteiger partial charge in [-0.3, -0.25) is 9.59 Å². The van der Waals surface area contributed by atoms with Crippen molar-refractivity contribution < 1.29 is 19.4 Å². The molecule has 20 heavy (non-hydrogen) atoms. The first-order chi connectivity index (χ1) is 9.45. The largest absolute Gasteiger partial charge is 0.490 e. The Labute approximate surface area is 118 Å². The monoisotopic (exact) mass is 277 g/mol. The second-order valence-corrected chi connectivity index (χ2v) is 4.50. The number of ether oxygens (including phenoxy) is 1. The lowest BCUT2D eigenvalue weighted by atomic mass is 10.1. The van der Waals surface area contributed by atoms with Crippen LogP contribution < -0.4 is 4.74 Å². The summed E-state index contributed by atoms with van der Waals surface area (Å²) in [5.74, 6) is -1.84. The first kappa shape index (κ1) is 15.8. The molecule has 0 spiro atoms. The van der Waals surface area contributed by atoms with E-state index in [-0.39, 0.29) is 0 Å². The number of carboxylic acids is 1. The van der Waals surface area contributed by atoms with Gasteiger partial charge in [0.1, 0.15) is 18.3 Å². The molecule has 1 atom stereocenters.